The molecule has 0 aliphatic carbocycles. The second kappa shape index (κ2) is 7.70. The number of nitrogens with one attached hydrogen (secondary N) is 1. The smallest absolute Gasteiger partial charge is 0.217 e. The molecule has 3 nitrogen and oxygen atoms in total. The van der Waals surface area contributed by atoms with Crippen LogP contribution in [0.4, 0.5) is 0 Å². The van der Waals surface area contributed by atoms with Gasteiger partial charge < -0.3 is 10.2 Å². The topological polar surface area (TPSA) is 32.3 Å². The molecule has 0 aromatic carbocycles. The number of hydrogen-bond acceptors (Lipinski definition) is 2. The number of likely N-dealkylation sites (tertiary alicyclic amines) is 1. The third kappa shape index (κ3) is 6.67. The summed E-state index contributed by atoms with van der Waals surface area (Å²) in [6.45, 7) is 9.72. The number of rotatable bonds is 6. The van der Waals surface area contributed by atoms with Gasteiger partial charge in [0.25, 0.3) is 0 Å². The molecule has 0 spiro atoms. The van der Waals surface area contributed by atoms with E-state index in [-0.39, 0.29) is 5.91 Å². The fraction of sp³-hybridized carbons (Fsp3) is 0.929. The van der Waals surface area contributed by atoms with Gasteiger partial charge in [-0.2, -0.15) is 0 Å². The van der Waals surface area contributed by atoms with E-state index in [0.717, 1.165) is 31.8 Å². The van der Waals surface area contributed by atoms with E-state index >= 15 is 0 Å². The lowest BCUT2D eigenvalue weighted by Crippen LogP contribution is -2.44. The third-order valence-electron chi connectivity index (χ3n) is 3.50. The van der Waals surface area contributed by atoms with Crippen molar-refractivity contribution in [1.82, 2.24) is 10.2 Å². The highest BCUT2D eigenvalue weighted by Gasteiger charge is 2.18. The fourth-order valence-corrected chi connectivity index (χ4v) is 2.48. The second-order valence-corrected chi connectivity index (χ2v) is 5.71. The third-order valence-corrected chi connectivity index (χ3v) is 3.50. The highest BCUT2D eigenvalue weighted by Crippen LogP contribution is 2.12. The van der Waals surface area contributed by atoms with E-state index in [4.69, 9.17) is 0 Å². The van der Waals surface area contributed by atoms with Gasteiger partial charge in [0.1, 0.15) is 0 Å². The number of carbonyl (C=O) groups is 1. The Labute approximate surface area is 106 Å². The molecule has 1 heterocycles. The highest BCUT2D eigenvalue weighted by atomic mass is 16.1. The first-order valence-electron chi connectivity index (χ1n) is 7.07. The summed E-state index contributed by atoms with van der Waals surface area (Å²) in [6.07, 6.45) is 6.25. The van der Waals surface area contributed by atoms with Crippen LogP contribution >= 0.6 is 0 Å². The summed E-state index contributed by atoms with van der Waals surface area (Å²) in [7, 11) is 0. The first kappa shape index (κ1) is 14.5. The Morgan fingerprint density at radius 3 is 2.47 bits per heavy atom. The number of carbonyl (C=O) groups excluding carboxylic acids is 1. The van der Waals surface area contributed by atoms with Gasteiger partial charge in [-0.25, -0.2) is 0 Å². The lowest BCUT2D eigenvalue weighted by Gasteiger charge is -2.32. The van der Waals surface area contributed by atoms with Crippen molar-refractivity contribution in [1.29, 1.82) is 0 Å². The first-order valence-corrected chi connectivity index (χ1v) is 7.07. The summed E-state index contributed by atoms with van der Waals surface area (Å²) in [6, 6.07) is 0.416. The monoisotopic (exact) mass is 240 g/mol. The normalized spacial score (nSPS) is 18.6. The number of hydrogen-bond donors (Lipinski definition) is 1. The SMILES string of the molecule is CC(=O)NC1CCN(CCCCC(C)C)CC1. The van der Waals surface area contributed by atoms with Crippen molar-refractivity contribution in [3.8, 4) is 0 Å². The van der Waals surface area contributed by atoms with E-state index in [2.05, 4.69) is 24.1 Å². The van der Waals surface area contributed by atoms with Crippen LogP contribution in [-0.4, -0.2) is 36.5 Å². The number of nitrogens with zero attached hydrogens (tertiary/aromatic N) is 1. The van der Waals surface area contributed by atoms with Crippen LogP contribution in [0.15, 0.2) is 0 Å². The zero-order valence-electron chi connectivity index (χ0n) is 11.7. The van der Waals surface area contributed by atoms with Crippen molar-refractivity contribution in [2.45, 2.75) is 58.9 Å². The molecule has 0 bridgehead atoms. The Bertz CT molecular complexity index is 220. The molecule has 3 heteroatoms. The average molecular weight is 240 g/mol. The van der Waals surface area contributed by atoms with Crippen molar-refractivity contribution in [2.24, 2.45) is 5.92 Å². The van der Waals surface area contributed by atoms with Crippen LogP contribution in [0.5, 0.6) is 0 Å². The van der Waals surface area contributed by atoms with Crippen LogP contribution in [0.2, 0.25) is 0 Å². The predicted octanol–water partition coefficient (Wildman–Crippen LogP) is 2.41. The molecule has 0 aromatic rings. The second-order valence-electron chi connectivity index (χ2n) is 5.71. The minimum atomic E-state index is 0.111. The van der Waals surface area contributed by atoms with Gasteiger partial charge in [0.15, 0.2) is 0 Å². The van der Waals surface area contributed by atoms with Crippen LogP contribution < -0.4 is 5.32 Å². The zero-order chi connectivity index (χ0) is 12.7. The van der Waals surface area contributed by atoms with Crippen LogP contribution in [0.3, 0.4) is 0 Å². The average Bonchev–Trinajstić information content (AvgIpc) is 2.25. The molecule has 1 saturated heterocycles. The minimum absolute atomic E-state index is 0.111. The summed E-state index contributed by atoms with van der Waals surface area (Å²) in [5, 5.41) is 3.02. The molecule has 0 unspecified atom stereocenters. The summed E-state index contributed by atoms with van der Waals surface area (Å²) in [5.41, 5.74) is 0. The predicted molar refractivity (Wildman–Crippen MR) is 72.0 cm³/mol. The van der Waals surface area contributed by atoms with Crippen molar-refractivity contribution >= 4 is 5.91 Å². The number of amides is 1. The molecule has 1 N–H and O–H groups in total. The van der Waals surface area contributed by atoms with Gasteiger partial charge in [-0.15, -0.1) is 0 Å². The minimum Gasteiger partial charge on any atom is -0.354 e. The lowest BCUT2D eigenvalue weighted by atomic mass is 10.0. The molecule has 0 atom stereocenters. The highest BCUT2D eigenvalue weighted by molar-refractivity contribution is 5.73. The number of piperidine rings is 1. The summed E-state index contributed by atoms with van der Waals surface area (Å²) in [5.74, 6) is 0.945. The van der Waals surface area contributed by atoms with Crippen LogP contribution in [0.1, 0.15) is 52.9 Å². The molecule has 1 fully saturated rings. The summed E-state index contributed by atoms with van der Waals surface area (Å²) >= 11 is 0. The molecule has 0 aromatic heterocycles. The van der Waals surface area contributed by atoms with Gasteiger partial charge in [0, 0.05) is 26.1 Å². The largest absolute Gasteiger partial charge is 0.354 e. The van der Waals surface area contributed by atoms with E-state index < -0.39 is 0 Å². The Kier molecular flexibility index (Phi) is 6.56. The van der Waals surface area contributed by atoms with Gasteiger partial charge in [-0.3, -0.25) is 4.79 Å². The number of unbranched alkanes of at least 4 members (excludes halogenated alkanes) is 1. The van der Waals surface area contributed by atoms with E-state index in [0.29, 0.717) is 6.04 Å². The van der Waals surface area contributed by atoms with Gasteiger partial charge >= 0.3 is 0 Å². The molecular formula is C14H28N2O. The van der Waals surface area contributed by atoms with Gasteiger partial charge in [0.05, 0.1) is 0 Å². The Morgan fingerprint density at radius 1 is 1.29 bits per heavy atom. The lowest BCUT2D eigenvalue weighted by molar-refractivity contribution is -0.119. The van der Waals surface area contributed by atoms with Gasteiger partial charge in [0.2, 0.25) is 5.91 Å². The summed E-state index contributed by atoms with van der Waals surface area (Å²) in [4.78, 5) is 13.5. The quantitative estimate of drug-likeness (QED) is 0.723. The molecule has 1 rings (SSSR count). The van der Waals surface area contributed by atoms with Crippen molar-refractivity contribution in [3.05, 3.63) is 0 Å². The van der Waals surface area contributed by atoms with Crippen LogP contribution in [-0.2, 0) is 4.79 Å². The van der Waals surface area contributed by atoms with Crippen molar-refractivity contribution < 1.29 is 4.79 Å². The Hall–Kier alpha value is -0.570. The van der Waals surface area contributed by atoms with Crippen LogP contribution in [0.25, 0.3) is 0 Å². The molecule has 0 radical (unpaired) electrons. The first-order chi connectivity index (χ1) is 8.08. The van der Waals surface area contributed by atoms with Crippen LogP contribution in [0, 0.1) is 5.92 Å². The summed E-state index contributed by atoms with van der Waals surface area (Å²) < 4.78 is 0. The van der Waals surface area contributed by atoms with E-state index in [1.807, 2.05) is 0 Å². The van der Waals surface area contributed by atoms with E-state index in [1.54, 1.807) is 6.92 Å². The molecule has 0 saturated carbocycles. The van der Waals surface area contributed by atoms with Crippen molar-refractivity contribution in [3.63, 3.8) is 0 Å². The molecule has 100 valence electrons. The Balaban J connectivity index is 2.05. The maximum Gasteiger partial charge on any atom is 0.217 e. The van der Waals surface area contributed by atoms with Crippen molar-refractivity contribution in [2.75, 3.05) is 19.6 Å². The molecule has 1 aliphatic rings. The maximum absolute atomic E-state index is 10.9. The molecule has 1 aliphatic heterocycles. The Morgan fingerprint density at radius 2 is 1.94 bits per heavy atom. The van der Waals surface area contributed by atoms with E-state index in [1.165, 1.54) is 25.8 Å². The molecular weight excluding hydrogens is 212 g/mol. The van der Waals surface area contributed by atoms with Gasteiger partial charge in [-0.1, -0.05) is 26.7 Å². The van der Waals surface area contributed by atoms with Gasteiger partial charge in [-0.05, 0) is 31.7 Å². The standard InChI is InChI=1S/C14H28N2O/c1-12(2)6-4-5-9-16-10-7-14(8-11-16)15-13(3)17/h12,14H,4-11H2,1-3H3,(H,15,17). The zero-order valence-corrected chi connectivity index (χ0v) is 11.7. The van der Waals surface area contributed by atoms with E-state index in [9.17, 15) is 4.79 Å². The maximum atomic E-state index is 10.9. The molecule has 1 amide bonds. The fourth-order valence-electron chi connectivity index (χ4n) is 2.48. The molecule has 17 heavy (non-hydrogen) atoms.